The standard InChI is InChI=1S/C29H22F5N3O2S/c1-37-15-24(36-16-37)27-14-23-28(40-27)26(8-9-35-23)39-25-7-4-18(12-22(25)31)10-19(29(32,33)34)13-21(38)11-17-2-5-20(30)6-3-17/h2-9,12,14-16,19H,10-11,13H2,1H3. The van der Waals surface area contributed by atoms with Crippen LogP contribution < -0.4 is 4.74 Å². The fraction of sp³-hybridized carbons (Fsp3) is 0.207. The van der Waals surface area contributed by atoms with Crippen molar-refractivity contribution in [2.75, 3.05) is 0 Å². The maximum atomic E-state index is 15.0. The molecule has 1 unspecified atom stereocenters. The Morgan fingerprint density at radius 2 is 1.75 bits per heavy atom. The van der Waals surface area contributed by atoms with Crippen LogP contribution in [0.1, 0.15) is 17.5 Å². The van der Waals surface area contributed by atoms with E-state index in [2.05, 4.69) is 9.97 Å². The Morgan fingerprint density at radius 3 is 2.42 bits per heavy atom. The van der Waals surface area contributed by atoms with Crippen LogP contribution >= 0.6 is 11.3 Å². The molecule has 1 atom stereocenters. The molecule has 0 fully saturated rings. The topological polar surface area (TPSA) is 57.0 Å². The van der Waals surface area contributed by atoms with E-state index in [4.69, 9.17) is 4.74 Å². The van der Waals surface area contributed by atoms with Gasteiger partial charge in [-0.15, -0.1) is 11.3 Å². The summed E-state index contributed by atoms with van der Waals surface area (Å²) in [4.78, 5) is 21.9. The third-order valence-corrected chi connectivity index (χ3v) is 7.44. The summed E-state index contributed by atoms with van der Waals surface area (Å²) in [5.41, 5.74) is 1.89. The predicted molar refractivity (Wildman–Crippen MR) is 141 cm³/mol. The first kappa shape index (κ1) is 27.4. The Kier molecular flexibility index (Phi) is 7.66. The number of carbonyl (C=O) groups is 1. The van der Waals surface area contributed by atoms with Crippen LogP contribution in [-0.4, -0.2) is 26.5 Å². The number of thiophene rings is 1. The maximum absolute atomic E-state index is 15.0. The summed E-state index contributed by atoms with van der Waals surface area (Å²) >= 11 is 1.38. The molecule has 0 aliphatic heterocycles. The van der Waals surface area contributed by atoms with Gasteiger partial charge in [-0.1, -0.05) is 18.2 Å². The molecule has 40 heavy (non-hydrogen) atoms. The van der Waals surface area contributed by atoms with Gasteiger partial charge in [0.05, 0.1) is 33.0 Å². The summed E-state index contributed by atoms with van der Waals surface area (Å²) in [6.07, 6.45) is -1.22. The van der Waals surface area contributed by atoms with E-state index in [1.165, 1.54) is 41.8 Å². The van der Waals surface area contributed by atoms with E-state index in [-0.39, 0.29) is 17.7 Å². The molecule has 5 nitrogen and oxygen atoms in total. The lowest BCUT2D eigenvalue weighted by Gasteiger charge is -2.20. The number of hydrogen-bond donors (Lipinski definition) is 0. The van der Waals surface area contributed by atoms with Gasteiger partial charge in [0, 0.05) is 38.3 Å². The minimum atomic E-state index is -4.67. The molecule has 0 saturated carbocycles. The number of alkyl halides is 3. The lowest BCUT2D eigenvalue weighted by atomic mass is 9.91. The monoisotopic (exact) mass is 571 g/mol. The Morgan fingerprint density at radius 1 is 1.00 bits per heavy atom. The molecule has 5 rings (SSSR count). The van der Waals surface area contributed by atoms with Gasteiger partial charge in [-0.05, 0) is 47.9 Å². The third kappa shape index (κ3) is 6.36. The molecule has 0 N–H and O–H groups in total. The maximum Gasteiger partial charge on any atom is 0.392 e. The van der Waals surface area contributed by atoms with E-state index in [1.807, 2.05) is 23.9 Å². The number of Topliss-reactive ketones (excluding diaryl/α,β-unsaturated/α-hetero) is 1. The number of fused-ring (bicyclic) bond motifs is 1. The highest BCUT2D eigenvalue weighted by Gasteiger charge is 2.40. The average molecular weight is 572 g/mol. The van der Waals surface area contributed by atoms with Crippen molar-refractivity contribution in [3.63, 3.8) is 0 Å². The van der Waals surface area contributed by atoms with Gasteiger partial charge in [-0.3, -0.25) is 9.78 Å². The van der Waals surface area contributed by atoms with Crippen LogP contribution in [0.25, 0.3) is 20.8 Å². The van der Waals surface area contributed by atoms with Crippen LogP contribution in [0.3, 0.4) is 0 Å². The van der Waals surface area contributed by atoms with E-state index in [1.54, 1.807) is 12.4 Å². The van der Waals surface area contributed by atoms with Crippen LogP contribution in [-0.2, 0) is 24.7 Å². The predicted octanol–water partition coefficient (Wildman–Crippen LogP) is 7.69. The molecule has 11 heteroatoms. The number of ketones is 1. The lowest BCUT2D eigenvalue weighted by molar-refractivity contribution is -0.178. The van der Waals surface area contributed by atoms with Gasteiger partial charge in [-0.2, -0.15) is 13.2 Å². The fourth-order valence-corrected chi connectivity index (χ4v) is 5.33. The molecule has 0 aliphatic rings. The second-order valence-corrected chi connectivity index (χ2v) is 10.5. The summed E-state index contributed by atoms with van der Waals surface area (Å²) < 4.78 is 77.7. The van der Waals surface area contributed by atoms with Gasteiger partial charge in [0.2, 0.25) is 0 Å². The van der Waals surface area contributed by atoms with Crippen LogP contribution in [0.5, 0.6) is 11.5 Å². The molecule has 0 saturated heterocycles. The molecule has 0 spiro atoms. The molecule has 0 bridgehead atoms. The zero-order valence-electron chi connectivity index (χ0n) is 21.1. The first-order chi connectivity index (χ1) is 19.0. The number of aryl methyl sites for hydroxylation is 1. The molecular weight excluding hydrogens is 549 g/mol. The normalized spacial score (nSPS) is 12.6. The van der Waals surface area contributed by atoms with Crippen LogP contribution in [0, 0.1) is 17.6 Å². The molecule has 0 amide bonds. The highest BCUT2D eigenvalue weighted by molar-refractivity contribution is 7.22. The van der Waals surface area contributed by atoms with E-state index >= 15 is 4.39 Å². The first-order valence-corrected chi connectivity index (χ1v) is 13.0. The summed E-state index contributed by atoms with van der Waals surface area (Å²) in [7, 11) is 1.85. The molecule has 3 heterocycles. The lowest BCUT2D eigenvalue weighted by Crippen LogP contribution is -2.28. The van der Waals surface area contributed by atoms with E-state index < -0.39 is 42.4 Å². The number of rotatable bonds is 9. The number of halogens is 5. The average Bonchev–Trinajstić information content (AvgIpc) is 3.53. The molecule has 0 aliphatic carbocycles. The number of pyridine rings is 1. The van der Waals surface area contributed by atoms with Crippen LogP contribution in [0.2, 0.25) is 0 Å². The Hall–Kier alpha value is -4.12. The van der Waals surface area contributed by atoms with Crippen molar-refractivity contribution in [3.05, 3.63) is 96.1 Å². The van der Waals surface area contributed by atoms with E-state index in [0.29, 0.717) is 21.5 Å². The zero-order chi connectivity index (χ0) is 28.4. The van der Waals surface area contributed by atoms with Crippen LogP contribution in [0.4, 0.5) is 22.0 Å². The van der Waals surface area contributed by atoms with Crippen molar-refractivity contribution in [2.24, 2.45) is 13.0 Å². The number of carbonyl (C=O) groups excluding carboxylic acids is 1. The number of benzene rings is 2. The molecular formula is C29H22F5N3O2S. The Labute approximate surface area is 229 Å². The molecule has 3 aromatic heterocycles. The second-order valence-electron chi connectivity index (χ2n) is 9.41. The van der Waals surface area contributed by atoms with Crippen molar-refractivity contribution in [2.45, 2.75) is 25.4 Å². The highest BCUT2D eigenvalue weighted by atomic mass is 32.1. The smallest absolute Gasteiger partial charge is 0.392 e. The first-order valence-electron chi connectivity index (χ1n) is 12.2. The second kappa shape index (κ2) is 11.2. The van der Waals surface area contributed by atoms with Crippen molar-refractivity contribution in [1.82, 2.24) is 14.5 Å². The largest absolute Gasteiger partial charge is 0.453 e. The van der Waals surface area contributed by atoms with E-state index in [9.17, 15) is 22.4 Å². The molecule has 5 aromatic rings. The zero-order valence-corrected chi connectivity index (χ0v) is 21.9. The number of imidazole rings is 1. The van der Waals surface area contributed by atoms with Crippen molar-refractivity contribution in [1.29, 1.82) is 0 Å². The van der Waals surface area contributed by atoms with Crippen molar-refractivity contribution in [3.8, 4) is 22.1 Å². The summed E-state index contributed by atoms with van der Waals surface area (Å²) in [6, 6.07) is 12.1. The Balaban J connectivity index is 1.31. The number of nitrogens with zero attached hydrogens (tertiary/aromatic N) is 3. The number of hydrogen-bond acceptors (Lipinski definition) is 5. The van der Waals surface area contributed by atoms with Gasteiger partial charge in [0.1, 0.15) is 17.3 Å². The minimum absolute atomic E-state index is 0.0789. The highest BCUT2D eigenvalue weighted by Crippen LogP contribution is 2.39. The molecule has 2 aromatic carbocycles. The van der Waals surface area contributed by atoms with Crippen molar-refractivity contribution >= 4 is 27.3 Å². The molecule has 0 radical (unpaired) electrons. The van der Waals surface area contributed by atoms with Crippen molar-refractivity contribution < 1.29 is 31.5 Å². The number of ether oxygens (including phenoxy) is 1. The fourth-order valence-electron chi connectivity index (χ4n) is 4.30. The van der Waals surface area contributed by atoms with Gasteiger partial charge in [0.15, 0.2) is 11.6 Å². The summed E-state index contributed by atoms with van der Waals surface area (Å²) in [5, 5.41) is 0. The Bertz CT molecular complexity index is 1660. The van der Waals surface area contributed by atoms with Gasteiger partial charge in [-0.25, -0.2) is 13.8 Å². The minimum Gasteiger partial charge on any atom is -0.453 e. The third-order valence-electron chi connectivity index (χ3n) is 6.28. The van der Waals surface area contributed by atoms with Gasteiger partial charge >= 0.3 is 6.18 Å². The SMILES string of the molecule is Cn1cnc(-c2cc3nccc(Oc4ccc(CC(CC(=O)Cc5ccc(F)cc5)C(F)(F)F)cc4F)c3s2)c1. The van der Waals surface area contributed by atoms with E-state index in [0.717, 1.165) is 28.8 Å². The summed E-state index contributed by atoms with van der Waals surface area (Å²) in [6.45, 7) is 0. The van der Waals surface area contributed by atoms with Gasteiger partial charge < -0.3 is 9.30 Å². The van der Waals surface area contributed by atoms with Gasteiger partial charge in [0.25, 0.3) is 0 Å². The number of aromatic nitrogens is 3. The molecule has 206 valence electrons. The summed E-state index contributed by atoms with van der Waals surface area (Å²) in [5.74, 6) is -3.78. The quantitative estimate of drug-likeness (QED) is 0.170. The van der Waals surface area contributed by atoms with Crippen LogP contribution in [0.15, 0.2) is 73.3 Å².